The van der Waals surface area contributed by atoms with Crippen LogP contribution in [0.5, 0.6) is 0 Å². The molecule has 1 aliphatic rings. The lowest BCUT2D eigenvalue weighted by Crippen LogP contribution is -2.34. The molecule has 6 nitrogen and oxygen atoms in total. The quantitative estimate of drug-likeness (QED) is 0.333. The van der Waals surface area contributed by atoms with Gasteiger partial charge >= 0.3 is 5.97 Å². The first-order chi connectivity index (χ1) is 11.0. The van der Waals surface area contributed by atoms with Gasteiger partial charge in [0.25, 0.3) is 5.69 Å². The van der Waals surface area contributed by atoms with Gasteiger partial charge in [0, 0.05) is 23.6 Å². The van der Waals surface area contributed by atoms with Gasteiger partial charge in [0.2, 0.25) is 0 Å². The molecule has 0 unspecified atom stereocenters. The van der Waals surface area contributed by atoms with Crippen molar-refractivity contribution < 1.29 is 14.5 Å². The minimum atomic E-state index is -0.601. The van der Waals surface area contributed by atoms with Crippen molar-refractivity contribution in [2.75, 3.05) is 25.1 Å². The fourth-order valence-corrected chi connectivity index (χ4v) is 3.36. The van der Waals surface area contributed by atoms with Crippen LogP contribution in [0.2, 0.25) is 0 Å². The third-order valence-corrected chi connectivity index (χ3v) is 4.78. The molecule has 2 rings (SSSR count). The maximum atomic E-state index is 11.7. The zero-order chi connectivity index (χ0) is 17.0. The molecule has 1 aliphatic heterocycles. The lowest BCUT2D eigenvalue weighted by Gasteiger charge is -2.33. The number of allylic oxidation sites excluding steroid dienone is 1. The summed E-state index contributed by atoms with van der Waals surface area (Å²) < 4.78 is 5.16. The van der Waals surface area contributed by atoms with Crippen molar-refractivity contribution in [3.05, 3.63) is 44.9 Å². The van der Waals surface area contributed by atoms with Crippen LogP contribution in [0.25, 0.3) is 0 Å². The van der Waals surface area contributed by atoms with Gasteiger partial charge < -0.3 is 9.64 Å². The van der Waals surface area contributed by atoms with E-state index in [1.807, 2.05) is 11.0 Å². The maximum absolute atomic E-state index is 11.7. The average Bonchev–Trinajstić information content (AvgIpc) is 2.54. The van der Waals surface area contributed by atoms with Crippen molar-refractivity contribution in [1.82, 2.24) is 0 Å². The van der Waals surface area contributed by atoms with Crippen LogP contribution in [-0.2, 0) is 4.74 Å². The number of esters is 1. The van der Waals surface area contributed by atoms with Crippen LogP contribution in [0.1, 0.15) is 29.6 Å². The molecule has 23 heavy (non-hydrogen) atoms. The summed E-state index contributed by atoms with van der Waals surface area (Å²) in [6.07, 6.45) is 4.84. The van der Waals surface area contributed by atoms with E-state index in [1.54, 1.807) is 6.07 Å². The van der Waals surface area contributed by atoms with E-state index in [0.717, 1.165) is 32.4 Å². The lowest BCUT2D eigenvalue weighted by molar-refractivity contribution is -0.384. The molecule has 124 valence electrons. The van der Waals surface area contributed by atoms with E-state index < -0.39 is 10.9 Å². The number of hydrogen-bond donors (Lipinski definition) is 0. The third-order valence-electron chi connectivity index (χ3n) is 4.12. The van der Waals surface area contributed by atoms with Gasteiger partial charge in [-0.15, -0.1) is 6.58 Å². The number of nitro groups is 1. The van der Waals surface area contributed by atoms with Crippen LogP contribution in [0, 0.1) is 16.0 Å². The monoisotopic (exact) mass is 382 g/mol. The number of nitro benzene ring substituents is 1. The Morgan fingerprint density at radius 3 is 2.70 bits per heavy atom. The number of ether oxygens (including phenoxy) is 1. The molecule has 1 aromatic rings. The number of benzene rings is 1. The Morgan fingerprint density at radius 2 is 2.17 bits per heavy atom. The summed E-state index contributed by atoms with van der Waals surface area (Å²) in [5.74, 6) is -0.0168. The highest BCUT2D eigenvalue weighted by molar-refractivity contribution is 9.10. The van der Waals surface area contributed by atoms with Crippen molar-refractivity contribution in [3.63, 3.8) is 0 Å². The van der Waals surface area contributed by atoms with Gasteiger partial charge in [-0.2, -0.15) is 0 Å². The number of halogens is 1. The summed E-state index contributed by atoms with van der Waals surface area (Å²) in [5, 5.41) is 11.4. The first-order valence-corrected chi connectivity index (χ1v) is 8.19. The molecular formula is C16H19BrN2O4. The summed E-state index contributed by atoms with van der Waals surface area (Å²) >= 11 is 3.31. The van der Waals surface area contributed by atoms with Crippen molar-refractivity contribution in [2.24, 2.45) is 5.92 Å². The van der Waals surface area contributed by atoms with Gasteiger partial charge in [-0.25, -0.2) is 4.79 Å². The van der Waals surface area contributed by atoms with E-state index in [1.165, 1.54) is 13.2 Å². The molecule has 0 aromatic heterocycles. The second-order valence-electron chi connectivity index (χ2n) is 5.52. The second-order valence-corrected chi connectivity index (χ2v) is 6.38. The predicted molar refractivity (Wildman–Crippen MR) is 91.9 cm³/mol. The SMILES string of the molecule is C=CCC1CCN(c2cc(Br)c(C(=O)OC)cc2[N+](=O)[O-])CC1. The van der Waals surface area contributed by atoms with E-state index in [0.29, 0.717) is 16.1 Å². The number of carbonyl (C=O) groups is 1. The number of hydrogen-bond acceptors (Lipinski definition) is 5. The normalized spacial score (nSPS) is 15.3. The van der Waals surface area contributed by atoms with Crippen LogP contribution < -0.4 is 4.90 Å². The Balaban J connectivity index is 2.31. The molecule has 0 atom stereocenters. The van der Waals surface area contributed by atoms with Gasteiger partial charge in [0.15, 0.2) is 0 Å². The molecule has 0 aliphatic carbocycles. The second kappa shape index (κ2) is 7.59. The molecule has 1 heterocycles. The Labute approximate surface area is 143 Å². The predicted octanol–water partition coefficient (Wildman–Crippen LogP) is 3.94. The maximum Gasteiger partial charge on any atom is 0.339 e. The van der Waals surface area contributed by atoms with Crippen LogP contribution in [0.4, 0.5) is 11.4 Å². The van der Waals surface area contributed by atoms with Crippen LogP contribution in [0.15, 0.2) is 29.3 Å². The summed E-state index contributed by atoms with van der Waals surface area (Å²) in [7, 11) is 1.25. The molecule has 0 radical (unpaired) electrons. The molecule has 0 N–H and O–H groups in total. The largest absolute Gasteiger partial charge is 0.465 e. The van der Waals surface area contributed by atoms with Gasteiger partial charge in [-0.3, -0.25) is 10.1 Å². The molecule has 0 bridgehead atoms. The van der Waals surface area contributed by atoms with Gasteiger partial charge in [-0.1, -0.05) is 6.08 Å². The van der Waals surface area contributed by atoms with Gasteiger partial charge in [0.1, 0.15) is 5.69 Å². The molecule has 1 fully saturated rings. The molecule has 0 spiro atoms. The third kappa shape index (κ3) is 3.90. The zero-order valence-corrected chi connectivity index (χ0v) is 14.5. The molecular weight excluding hydrogens is 364 g/mol. The van der Waals surface area contributed by atoms with Crippen molar-refractivity contribution in [3.8, 4) is 0 Å². The lowest BCUT2D eigenvalue weighted by atomic mass is 9.93. The molecule has 1 aromatic carbocycles. The molecule has 1 saturated heterocycles. The first kappa shape index (κ1) is 17.5. The van der Waals surface area contributed by atoms with Crippen molar-refractivity contribution in [2.45, 2.75) is 19.3 Å². The number of carbonyl (C=O) groups excluding carboxylic acids is 1. The number of piperidine rings is 1. The standard InChI is InChI=1S/C16H19BrN2O4/c1-3-4-11-5-7-18(8-6-11)14-10-13(17)12(16(20)23-2)9-15(14)19(21)22/h3,9-11H,1,4-8H2,2H3. The highest BCUT2D eigenvalue weighted by Gasteiger charge is 2.27. The highest BCUT2D eigenvalue weighted by atomic mass is 79.9. The summed E-state index contributed by atoms with van der Waals surface area (Å²) in [4.78, 5) is 24.7. The van der Waals surface area contributed by atoms with E-state index >= 15 is 0 Å². The Bertz CT molecular complexity index is 625. The van der Waals surface area contributed by atoms with E-state index in [9.17, 15) is 14.9 Å². The van der Waals surface area contributed by atoms with Crippen molar-refractivity contribution >= 4 is 33.3 Å². The van der Waals surface area contributed by atoms with Gasteiger partial charge in [-0.05, 0) is 47.2 Å². The van der Waals surface area contributed by atoms with Crippen LogP contribution in [-0.4, -0.2) is 31.1 Å². The summed E-state index contributed by atoms with van der Waals surface area (Å²) in [6, 6.07) is 2.92. The van der Waals surface area contributed by atoms with E-state index in [-0.39, 0.29) is 11.3 Å². The Morgan fingerprint density at radius 1 is 1.52 bits per heavy atom. The zero-order valence-electron chi connectivity index (χ0n) is 13.0. The average molecular weight is 383 g/mol. The number of methoxy groups -OCH3 is 1. The van der Waals surface area contributed by atoms with Crippen LogP contribution in [0.3, 0.4) is 0 Å². The number of anilines is 1. The smallest absolute Gasteiger partial charge is 0.339 e. The van der Waals surface area contributed by atoms with E-state index in [4.69, 9.17) is 0 Å². The number of nitrogens with zero attached hydrogens (tertiary/aromatic N) is 2. The van der Waals surface area contributed by atoms with Crippen molar-refractivity contribution in [1.29, 1.82) is 0 Å². The fraction of sp³-hybridized carbons (Fsp3) is 0.438. The number of rotatable bonds is 5. The van der Waals surface area contributed by atoms with Crippen LogP contribution >= 0.6 is 15.9 Å². The molecule has 0 amide bonds. The molecule has 7 heteroatoms. The highest BCUT2D eigenvalue weighted by Crippen LogP contribution is 2.36. The minimum Gasteiger partial charge on any atom is -0.465 e. The fourth-order valence-electron chi connectivity index (χ4n) is 2.86. The Hall–Kier alpha value is -1.89. The summed E-state index contributed by atoms with van der Waals surface area (Å²) in [6.45, 7) is 5.27. The minimum absolute atomic E-state index is 0.0734. The van der Waals surface area contributed by atoms with Gasteiger partial charge in [0.05, 0.1) is 17.6 Å². The molecule has 0 saturated carbocycles. The topological polar surface area (TPSA) is 72.7 Å². The van der Waals surface area contributed by atoms with E-state index in [2.05, 4.69) is 27.2 Å². The Kier molecular flexibility index (Phi) is 5.76. The summed E-state index contributed by atoms with van der Waals surface area (Å²) in [5.41, 5.74) is 0.617. The first-order valence-electron chi connectivity index (χ1n) is 7.40.